The van der Waals surface area contributed by atoms with Gasteiger partial charge in [-0.1, -0.05) is 114 Å². The molecule has 0 aromatic heterocycles. The summed E-state index contributed by atoms with van der Waals surface area (Å²) in [5.41, 5.74) is 11.3. The number of carbonyl (C=O) groups excluding carboxylic acids is 2. The first-order valence-electron chi connectivity index (χ1n) is 16.3. The van der Waals surface area contributed by atoms with Crippen LogP contribution in [0.25, 0.3) is 43.8 Å². The third-order valence-corrected chi connectivity index (χ3v) is 10.3. The molecule has 6 aromatic carbocycles. The maximum Gasteiger partial charge on any atom is 0.211 e. The van der Waals surface area contributed by atoms with Crippen molar-refractivity contribution in [3.05, 3.63) is 143 Å². The van der Waals surface area contributed by atoms with E-state index in [1.54, 1.807) is 0 Å². The average Bonchev–Trinajstić information content (AvgIpc) is 3.03. The van der Waals surface area contributed by atoms with Gasteiger partial charge in [0.25, 0.3) is 0 Å². The van der Waals surface area contributed by atoms with Gasteiger partial charge in [0, 0.05) is 0 Å². The summed E-state index contributed by atoms with van der Waals surface area (Å²) in [6, 6.07) is 39.3. The highest BCUT2D eigenvalue weighted by Crippen LogP contribution is 2.52. The van der Waals surface area contributed by atoms with Crippen molar-refractivity contribution in [2.45, 2.75) is 64.2 Å². The lowest BCUT2D eigenvalue weighted by Gasteiger charge is -2.38. The van der Waals surface area contributed by atoms with Crippen LogP contribution in [-0.2, 0) is 20.4 Å². The quantitative estimate of drug-likeness (QED) is 0.186. The number of benzene rings is 6. The highest BCUT2D eigenvalue weighted by Gasteiger charge is 2.49. The number of fused-ring (bicyclic) bond motifs is 3. The smallest absolute Gasteiger partial charge is 0.211 e. The molecule has 0 spiro atoms. The molecule has 0 amide bonds. The Labute approximate surface area is 271 Å². The van der Waals surface area contributed by atoms with Crippen LogP contribution >= 0.6 is 0 Å². The molecule has 0 fully saturated rings. The number of rotatable bonds is 2. The lowest BCUT2D eigenvalue weighted by molar-refractivity contribution is -0.138. The fourth-order valence-corrected chi connectivity index (χ4v) is 7.62. The Hall–Kier alpha value is -4.82. The normalized spacial score (nSPS) is 17.4. The van der Waals surface area contributed by atoms with Gasteiger partial charge in [0.15, 0.2) is 0 Å². The monoisotopic (exact) mass is 598 g/mol. The maximum atomic E-state index is 13.6. The Balaban J connectivity index is 1.35. The second kappa shape index (κ2) is 9.84. The van der Waals surface area contributed by atoms with Crippen LogP contribution in [0, 0.1) is 0 Å². The van der Waals surface area contributed by atoms with Crippen LogP contribution in [0.5, 0.6) is 0 Å². The predicted octanol–water partition coefficient (Wildman–Crippen LogP) is 10.7. The van der Waals surface area contributed by atoms with Crippen molar-refractivity contribution in [1.29, 1.82) is 0 Å². The zero-order valence-electron chi connectivity index (χ0n) is 27.4. The first-order valence-corrected chi connectivity index (χ1v) is 16.3. The van der Waals surface area contributed by atoms with Crippen LogP contribution in [0.15, 0.2) is 109 Å². The molecule has 0 aliphatic heterocycles. The summed E-state index contributed by atoms with van der Waals surface area (Å²) in [6.45, 7) is 13.4. The van der Waals surface area contributed by atoms with E-state index in [0.717, 1.165) is 66.1 Å². The van der Waals surface area contributed by atoms with Crippen molar-refractivity contribution >= 4 is 33.1 Å². The molecule has 3 aliphatic carbocycles. The Morgan fingerprint density at radius 2 is 0.739 bits per heavy atom. The molecule has 2 bridgehead atoms. The van der Waals surface area contributed by atoms with Gasteiger partial charge in [-0.2, -0.15) is 0 Å². The molecule has 0 saturated heterocycles. The van der Waals surface area contributed by atoms with Crippen LogP contribution in [0.3, 0.4) is 0 Å². The molecule has 2 unspecified atom stereocenters. The third kappa shape index (κ3) is 4.38. The molecule has 46 heavy (non-hydrogen) atoms. The zero-order valence-corrected chi connectivity index (χ0v) is 27.4. The molecule has 6 aromatic rings. The molecule has 0 saturated carbocycles. The highest BCUT2D eigenvalue weighted by molar-refractivity contribution is 6.45. The lowest BCUT2D eigenvalue weighted by Crippen LogP contribution is -2.40. The fourth-order valence-electron chi connectivity index (χ4n) is 7.62. The van der Waals surface area contributed by atoms with E-state index in [9.17, 15) is 9.59 Å². The average molecular weight is 599 g/mol. The molecule has 2 atom stereocenters. The SMILES string of the molecule is CC(C)(C)c1ccc(-c2cc3cc4c(cc3cc2-c2ccc(C(C)(C)C)cc2)C2C(=O)C(=O)C4c3cc4ccccc4cc32)cc1. The van der Waals surface area contributed by atoms with Crippen LogP contribution in [-0.4, -0.2) is 11.6 Å². The van der Waals surface area contributed by atoms with Gasteiger partial charge in [-0.3, -0.25) is 9.59 Å². The molecule has 9 rings (SSSR count). The van der Waals surface area contributed by atoms with Gasteiger partial charge in [-0.05, 0) is 124 Å². The molecular formula is C44H38O2. The van der Waals surface area contributed by atoms with Gasteiger partial charge in [0.2, 0.25) is 11.6 Å². The number of hydrogen-bond donors (Lipinski definition) is 0. The Kier molecular flexibility index (Phi) is 6.13. The third-order valence-electron chi connectivity index (χ3n) is 10.3. The van der Waals surface area contributed by atoms with Gasteiger partial charge >= 0.3 is 0 Å². The molecule has 0 N–H and O–H groups in total. The summed E-state index contributed by atoms with van der Waals surface area (Å²) in [5, 5.41) is 4.36. The van der Waals surface area contributed by atoms with Crippen LogP contribution in [0.2, 0.25) is 0 Å². The summed E-state index contributed by atoms with van der Waals surface area (Å²) in [7, 11) is 0. The first kappa shape index (κ1) is 28.6. The van der Waals surface area contributed by atoms with E-state index < -0.39 is 11.8 Å². The second-order valence-electron chi connectivity index (χ2n) is 15.3. The lowest BCUT2D eigenvalue weighted by atomic mass is 9.62. The van der Waals surface area contributed by atoms with E-state index in [0.29, 0.717) is 0 Å². The number of hydrogen-bond acceptors (Lipinski definition) is 2. The molecule has 0 radical (unpaired) electrons. The van der Waals surface area contributed by atoms with Crippen molar-refractivity contribution in [3.63, 3.8) is 0 Å². The minimum Gasteiger partial charge on any atom is -0.290 e. The van der Waals surface area contributed by atoms with E-state index in [1.807, 2.05) is 12.1 Å². The van der Waals surface area contributed by atoms with Crippen LogP contribution < -0.4 is 0 Å². The molecule has 0 heterocycles. The number of carbonyl (C=O) groups is 2. The summed E-state index contributed by atoms with van der Waals surface area (Å²) in [4.78, 5) is 27.1. The fraction of sp³-hybridized carbons (Fsp3) is 0.227. The molecule has 226 valence electrons. The van der Waals surface area contributed by atoms with Crippen LogP contribution in [0.4, 0.5) is 0 Å². The van der Waals surface area contributed by atoms with Crippen molar-refractivity contribution in [2.75, 3.05) is 0 Å². The van der Waals surface area contributed by atoms with Gasteiger partial charge < -0.3 is 0 Å². The van der Waals surface area contributed by atoms with Crippen molar-refractivity contribution < 1.29 is 9.59 Å². The minimum absolute atomic E-state index is 0.0670. The minimum atomic E-state index is -0.560. The zero-order chi connectivity index (χ0) is 32.1. The summed E-state index contributed by atoms with van der Waals surface area (Å²) in [6.07, 6.45) is 0. The maximum absolute atomic E-state index is 13.6. The van der Waals surface area contributed by atoms with E-state index in [-0.39, 0.29) is 22.4 Å². The topological polar surface area (TPSA) is 34.1 Å². The largest absolute Gasteiger partial charge is 0.290 e. The van der Waals surface area contributed by atoms with Crippen molar-refractivity contribution in [2.24, 2.45) is 0 Å². The molecular weight excluding hydrogens is 560 g/mol. The molecule has 2 heteroatoms. The molecule has 2 nitrogen and oxygen atoms in total. The van der Waals surface area contributed by atoms with Crippen molar-refractivity contribution in [1.82, 2.24) is 0 Å². The number of ketones is 2. The van der Waals surface area contributed by atoms with E-state index in [1.165, 1.54) is 11.1 Å². The standard InChI is InChI=1S/C44H38O2/c1-43(2,3)31-15-11-25(12-16-31)33-21-29-23-37-38(24-30(29)22-34(33)26-13-17-32(18-14-26)44(4,5)6)40-36-20-28-10-8-7-9-27(28)19-35(36)39(37)41(45)42(40)46/h7-24,39-40H,1-6H3. The van der Waals surface area contributed by atoms with Crippen molar-refractivity contribution in [3.8, 4) is 22.3 Å². The Bertz CT molecular complexity index is 2080. The summed E-state index contributed by atoms with van der Waals surface area (Å²) in [5.74, 6) is -1.69. The highest BCUT2D eigenvalue weighted by atomic mass is 16.2. The summed E-state index contributed by atoms with van der Waals surface area (Å²) < 4.78 is 0. The predicted molar refractivity (Wildman–Crippen MR) is 190 cm³/mol. The van der Waals surface area contributed by atoms with E-state index >= 15 is 0 Å². The van der Waals surface area contributed by atoms with Gasteiger partial charge in [-0.15, -0.1) is 0 Å². The van der Waals surface area contributed by atoms with E-state index in [4.69, 9.17) is 0 Å². The van der Waals surface area contributed by atoms with Gasteiger partial charge in [0.1, 0.15) is 0 Å². The van der Waals surface area contributed by atoms with E-state index in [2.05, 4.69) is 139 Å². The Morgan fingerprint density at radius 3 is 1.07 bits per heavy atom. The first-order chi connectivity index (χ1) is 21.9. The van der Waals surface area contributed by atoms with Crippen LogP contribution in [0.1, 0.15) is 86.8 Å². The molecule has 3 aliphatic rings. The Morgan fingerprint density at radius 1 is 0.413 bits per heavy atom. The summed E-state index contributed by atoms with van der Waals surface area (Å²) >= 11 is 0. The van der Waals surface area contributed by atoms with Gasteiger partial charge in [0.05, 0.1) is 11.8 Å². The number of Topliss-reactive ketones (excluding diaryl/α,β-unsaturated/α-hetero) is 2. The van der Waals surface area contributed by atoms with Gasteiger partial charge in [-0.25, -0.2) is 0 Å². The second-order valence-corrected chi connectivity index (χ2v) is 15.3.